The highest BCUT2D eigenvalue weighted by Gasteiger charge is 2.46. The fourth-order valence-corrected chi connectivity index (χ4v) is 3.47. The molecule has 3 nitrogen and oxygen atoms in total. The zero-order chi connectivity index (χ0) is 16.3. The minimum absolute atomic E-state index is 0.0232. The van der Waals surface area contributed by atoms with Gasteiger partial charge >= 0.3 is 0 Å². The van der Waals surface area contributed by atoms with Gasteiger partial charge in [0.05, 0.1) is 5.92 Å². The van der Waals surface area contributed by atoms with Gasteiger partial charge in [-0.15, -0.1) is 0 Å². The van der Waals surface area contributed by atoms with E-state index < -0.39 is 11.5 Å². The summed E-state index contributed by atoms with van der Waals surface area (Å²) in [4.78, 5) is 15.3. The van der Waals surface area contributed by atoms with E-state index in [1.165, 1.54) is 0 Å². The van der Waals surface area contributed by atoms with Gasteiger partial charge in [-0.05, 0) is 18.5 Å². The van der Waals surface area contributed by atoms with Crippen LogP contribution in [0.2, 0.25) is 0 Å². The highest BCUT2D eigenvalue weighted by Crippen LogP contribution is 2.39. The van der Waals surface area contributed by atoms with Gasteiger partial charge in [0.15, 0.2) is 5.78 Å². The minimum atomic E-state index is -1.10. The van der Waals surface area contributed by atoms with E-state index in [1.54, 1.807) is 0 Å². The quantitative estimate of drug-likeness (QED) is 0.882. The van der Waals surface area contributed by atoms with Crippen LogP contribution in [0.5, 0.6) is 0 Å². The molecule has 2 atom stereocenters. The Hall–Kier alpha value is -1.97. The summed E-state index contributed by atoms with van der Waals surface area (Å²) in [5.41, 5.74) is 0.412. The van der Waals surface area contributed by atoms with Crippen LogP contribution in [0.3, 0.4) is 0 Å². The summed E-state index contributed by atoms with van der Waals surface area (Å²) in [5, 5.41) is 11.4. The van der Waals surface area contributed by atoms with E-state index in [1.807, 2.05) is 60.7 Å². The average molecular weight is 309 g/mol. The van der Waals surface area contributed by atoms with Crippen molar-refractivity contribution >= 4 is 5.78 Å². The molecule has 3 heteroatoms. The lowest BCUT2D eigenvalue weighted by molar-refractivity contribution is -0.0631. The highest BCUT2D eigenvalue weighted by molar-refractivity contribution is 5.98. The second-order valence-corrected chi connectivity index (χ2v) is 6.22. The van der Waals surface area contributed by atoms with Crippen molar-refractivity contribution < 1.29 is 9.90 Å². The molecule has 3 rings (SSSR count). The van der Waals surface area contributed by atoms with Crippen LogP contribution in [0.1, 0.15) is 29.3 Å². The number of ketones is 1. The van der Waals surface area contributed by atoms with Gasteiger partial charge in [-0.25, -0.2) is 0 Å². The normalized spacial score (nSPS) is 25.2. The van der Waals surface area contributed by atoms with Gasteiger partial charge in [-0.1, -0.05) is 67.6 Å². The van der Waals surface area contributed by atoms with Crippen molar-refractivity contribution in [3.8, 4) is 0 Å². The van der Waals surface area contributed by atoms with Gasteiger partial charge < -0.3 is 10.0 Å². The van der Waals surface area contributed by atoms with Crippen molar-refractivity contribution in [2.45, 2.75) is 18.9 Å². The molecule has 1 aliphatic heterocycles. The van der Waals surface area contributed by atoms with Crippen LogP contribution in [0.25, 0.3) is 0 Å². The molecule has 0 spiro atoms. The molecule has 23 heavy (non-hydrogen) atoms. The number of nitrogens with zero attached hydrogens (tertiary/aromatic N) is 1. The predicted octanol–water partition coefficient (Wildman–Crippen LogP) is 3.10. The molecule has 0 aliphatic carbocycles. The van der Waals surface area contributed by atoms with Crippen LogP contribution in [0.15, 0.2) is 60.7 Å². The molecule has 1 aliphatic rings. The Balaban J connectivity index is 1.99. The molecule has 1 N–H and O–H groups in total. The molecule has 1 saturated heterocycles. The number of carbonyl (C=O) groups excluding carboxylic acids is 1. The number of rotatable bonds is 4. The number of aliphatic hydroxyl groups is 1. The Labute approximate surface area is 137 Å². The number of carbonyl (C=O) groups is 1. The first-order valence-electron chi connectivity index (χ1n) is 8.24. The van der Waals surface area contributed by atoms with Crippen LogP contribution in [-0.2, 0) is 5.60 Å². The Morgan fingerprint density at radius 1 is 1.13 bits per heavy atom. The molecule has 2 aromatic carbocycles. The van der Waals surface area contributed by atoms with Crippen molar-refractivity contribution in [3.63, 3.8) is 0 Å². The van der Waals surface area contributed by atoms with Gasteiger partial charge in [0.25, 0.3) is 0 Å². The third kappa shape index (κ3) is 3.07. The summed E-state index contributed by atoms with van der Waals surface area (Å²) in [6, 6.07) is 18.9. The second kappa shape index (κ2) is 6.65. The smallest absolute Gasteiger partial charge is 0.170 e. The first kappa shape index (κ1) is 15.9. The Bertz CT molecular complexity index is 656. The van der Waals surface area contributed by atoms with E-state index in [2.05, 4.69) is 11.8 Å². The number of hydrogen-bond donors (Lipinski definition) is 1. The molecular weight excluding hydrogens is 286 g/mol. The largest absolute Gasteiger partial charge is 0.384 e. The third-order valence-electron chi connectivity index (χ3n) is 4.92. The summed E-state index contributed by atoms with van der Waals surface area (Å²) in [7, 11) is 0. The van der Waals surface area contributed by atoms with Gasteiger partial charge in [0, 0.05) is 18.7 Å². The fourth-order valence-electron chi connectivity index (χ4n) is 3.47. The maximum Gasteiger partial charge on any atom is 0.170 e. The molecule has 0 radical (unpaired) electrons. The van der Waals surface area contributed by atoms with Crippen LogP contribution in [0, 0.1) is 5.92 Å². The summed E-state index contributed by atoms with van der Waals surface area (Å²) >= 11 is 0. The molecule has 0 unspecified atom stereocenters. The number of benzene rings is 2. The maximum atomic E-state index is 13.1. The topological polar surface area (TPSA) is 40.5 Å². The molecule has 0 amide bonds. The Morgan fingerprint density at radius 3 is 2.35 bits per heavy atom. The van der Waals surface area contributed by atoms with Gasteiger partial charge in [0.1, 0.15) is 5.60 Å². The van der Waals surface area contributed by atoms with E-state index in [9.17, 15) is 9.90 Å². The first-order chi connectivity index (χ1) is 11.1. The number of piperidine rings is 1. The van der Waals surface area contributed by atoms with Crippen molar-refractivity contribution in [3.05, 3.63) is 71.8 Å². The summed E-state index contributed by atoms with van der Waals surface area (Å²) < 4.78 is 0. The zero-order valence-corrected chi connectivity index (χ0v) is 13.5. The predicted molar refractivity (Wildman–Crippen MR) is 91.3 cm³/mol. The lowest BCUT2D eigenvalue weighted by atomic mass is 9.72. The number of hydrogen-bond acceptors (Lipinski definition) is 3. The lowest BCUT2D eigenvalue weighted by Gasteiger charge is -2.44. The van der Waals surface area contributed by atoms with Crippen molar-refractivity contribution in [1.29, 1.82) is 0 Å². The van der Waals surface area contributed by atoms with E-state index in [0.29, 0.717) is 18.5 Å². The van der Waals surface area contributed by atoms with Crippen molar-refractivity contribution in [2.75, 3.05) is 19.6 Å². The first-order valence-corrected chi connectivity index (χ1v) is 8.24. The Morgan fingerprint density at radius 2 is 1.74 bits per heavy atom. The molecule has 1 fully saturated rings. The maximum absolute atomic E-state index is 13.1. The van der Waals surface area contributed by atoms with Crippen LogP contribution >= 0.6 is 0 Å². The summed E-state index contributed by atoms with van der Waals surface area (Å²) in [5.74, 6) is -0.420. The highest BCUT2D eigenvalue weighted by atomic mass is 16.3. The molecule has 0 saturated carbocycles. The van der Waals surface area contributed by atoms with E-state index in [0.717, 1.165) is 18.7 Å². The van der Waals surface area contributed by atoms with E-state index >= 15 is 0 Å². The molecule has 1 heterocycles. The Kier molecular flexibility index (Phi) is 4.60. The standard InChI is InChI=1S/C20H23NO2/c1-2-21-14-13-20(23,17-11-7-4-8-12-17)18(15-21)19(22)16-9-5-3-6-10-16/h3-12,18,23H,2,13-15H2,1H3/t18-,20+/m0/s1. The molecule has 0 aromatic heterocycles. The fraction of sp³-hybridized carbons (Fsp3) is 0.350. The molecule has 2 aromatic rings. The summed E-state index contributed by atoms with van der Waals surface area (Å²) in [6.07, 6.45) is 0.577. The SMILES string of the molecule is CCN1CC[C@@](O)(c2ccccc2)[C@H](C(=O)c2ccccc2)C1. The average Bonchev–Trinajstić information content (AvgIpc) is 2.63. The van der Waals surface area contributed by atoms with Gasteiger partial charge in [0.2, 0.25) is 0 Å². The van der Waals surface area contributed by atoms with Crippen LogP contribution in [0.4, 0.5) is 0 Å². The second-order valence-electron chi connectivity index (χ2n) is 6.22. The monoisotopic (exact) mass is 309 g/mol. The number of Topliss-reactive ketones (excluding diaryl/α,β-unsaturated/α-hetero) is 1. The minimum Gasteiger partial charge on any atom is -0.384 e. The molecule has 0 bridgehead atoms. The lowest BCUT2D eigenvalue weighted by Crippen LogP contribution is -2.53. The zero-order valence-electron chi connectivity index (χ0n) is 13.5. The van der Waals surface area contributed by atoms with Crippen LogP contribution < -0.4 is 0 Å². The van der Waals surface area contributed by atoms with Crippen molar-refractivity contribution in [1.82, 2.24) is 4.90 Å². The van der Waals surface area contributed by atoms with E-state index in [4.69, 9.17) is 0 Å². The van der Waals surface area contributed by atoms with Gasteiger partial charge in [-0.3, -0.25) is 4.79 Å². The van der Waals surface area contributed by atoms with Gasteiger partial charge in [-0.2, -0.15) is 0 Å². The van der Waals surface area contributed by atoms with E-state index in [-0.39, 0.29) is 5.78 Å². The third-order valence-corrected chi connectivity index (χ3v) is 4.92. The summed E-state index contributed by atoms with van der Waals surface area (Å²) in [6.45, 7) is 4.39. The molecular formula is C20H23NO2. The molecule has 120 valence electrons. The number of likely N-dealkylation sites (tertiary alicyclic amines) is 1. The van der Waals surface area contributed by atoms with Crippen molar-refractivity contribution in [2.24, 2.45) is 5.92 Å². The van der Waals surface area contributed by atoms with Crippen LogP contribution in [-0.4, -0.2) is 35.4 Å².